The van der Waals surface area contributed by atoms with Crippen LogP contribution >= 0.6 is 0 Å². The Bertz CT molecular complexity index is 1800. The minimum atomic E-state index is -1.39. The van der Waals surface area contributed by atoms with Crippen LogP contribution in [0, 0.1) is 30.6 Å². The molecule has 0 bridgehead atoms. The van der Waals surface area contributed by atoms with Crippen LogP contribution in [0.15, 0.2) is 90.5 Å². The molecule has 8 heteroatoms. The monoisotopic (exact) mass is 629 g/mol. The van der Waals surface area contributed by atoms with Crippen molar-refractivity contribution >= 4 is 29.3 Å². The molecule has 5 aliphatic rings. The summed E-state index contributed by atoms with van der Waals surface area (Å²) in [6.45, 7) is 1.97. The van der Waals surface area contributed by atoms with Gasteiger partial charge in [-0.05, 0) is 62.3 Å². The number of nitrogens with zero attached hydrogens (tertiary/aromatic N) is 2. The van der Waals surface area contributed by atoms with Crippen LogP contribution in [0.1, 0.15) is 67.6 Å². The number of fused-ring (bicyclic) bond motifs is 4. The minimum absolute atomic E-state index is 0.0260. The van der Waals surface area contributed by atoms with E-state index in [1.807, 2.05) is 79.7 Å². The number of imide groups is 2. The Morgan fingerprint density at radius 1 is 0.787 bits per heavy atom. The number of allylic oxidation sites excluding steroid dienone is 2. The molecule has 8 nitrogen and oxygen atoms in total. The molecular weight excluding hydrogens is 590 g/mol. The van der Waals surface area contributed by atoms with Crippen LogP contribution in [0.2, 0.25) is 0 Å². The van der Waals surface area contributed by atoms with Gasteiger partial charge in [0.15, 0.2) is 0 Å². The summed E-state index contributed by atoms with van der Waals surface area (Å²) in [6.07, 6.45) is 7.46. The number of benzene rings is 3. The van der Waals surface area contributed by atoms with Gasteiger partial charge in [-0.25, -0.2) is 0 Å². The molecule has 2 saturated heterocycles. The summed E-state index contributed by atoms with van der Waals surface area (Å²) in [6, 6.07) is 23.8. The van der Waals surface area contributed by atoms with E-state index in [1.165, 1.54) is 0 Å². The van der Waals surface area contributed by atoms with Crippen LogP contribution in [0.3, 0.4) is 0 Å². The van der Waals surface area contributed by atoms with Crippen molar-refractivity contribution in [3.8, 4) is 5.75 Å². The molecule has 0 aromatic heterocycles. The molecule has 240 valence electrons. The molecule has 8 rings (SSSR count). The molecule has 3 aromatic carbocycles. The maximum Gasteiger partial charge on any atom is 0.260 e. The first-order valence-corrected chi connectivity index (χ1v) is 16.9. The Hall–Kier alpha value is -4.72. The highest BCUT2D eigenvalue weighted by molar-refractivity contribution is 6.13. The van der Waals surface area contributed by atoms with Crippen molar-refractivity contribution in [1.82, 2.24) is 9.91 Å². The third-order valence-corrected chi connectivity index (χ3v) is 11.6. The van der Waals surface area contributed by atoms with Gasteiger partial charge in [0, 0.05) is 17.5 Å². The number of hydrogen-bond donors (Lipinski definition) is 2. The van der Waals surface area contributed by atoms with E-state index in [4.69, 9.17) is 0 Å². The first-order chi connectivity index (χ1) is 22.8. The number of amides is 4. The topological polar surface area (TPSA) is 107 Å². The highest BCUT2D eigenvalue weighted by atomic mass is 16.3. The first kappa shape index (κ1) is 29.7. The number of phenols is 1. The zero-order chi connectivity index (χ0) is 32.4. The predicted octanol–water partition coefficient (Wildman–Crippen LogP) is 6.02. The van der Waals surface area contributed by atoms with Gasteiger partial charge in [0.1, 0.15) is 5.75 Å². The lowest BCUT2D eigenvalue weighted by molar-refractivity contribution is -0.144. The minimum Gasteiger partial charge on any atom is -0.508 e. The zero-order valence-corrected chi connectivity index (χ0v) is 26.5. The fourth-order valence-electron chi connectivity index (χ4n) is 9.55. The van der Waals surface area contributed by atoms with Gasteiger partial charge in [-0.1, -0.05) is 97.1 Å². The maximum absolute atomic E-state index is 15.1. The van der Waals surface area contributed by atoms with E-state index < -0.39 is 40.9 Å². The van der Waals surface area contributed by atoms with E-state index in [9.17, 15) is 19.5 Å². The second kappa shape index (κ2) is 11.2. The Morgan fingerprint density at radius 3 is 2.21 bits per heavy atom. The van der Waals surface area contributed by atoms with Gasteiger partial charge >= 0.3 is 0 Å². The number of anilines is 1. The molecular formula is C39H39N3O5. The van der Waals surface area contributed by atoms with Crippen molar-refractivity contribution in [2.45, 2.75) is 69.2 Å². The summed E-state index contributed by atoms with van der Waals surface area (Å²) in [5.74, 6) is -4.08. The number of carbonyl (C=O) groups is 4. The lowest BCUT2D eigenvalue weighted by Crippen LogP contribution is -2.53. The van der Waals surface area contributed by atoms with Gasteiger partial charge in [-0.3, -0.25) is 29.5 Å². The van der Waals surface area contributed by atoms with E-state index in [0.29, 0.717) is 23.2 Å². The highest BCUT2D eigenvalue weighted by Crippen LogP contribution is 2.65. The molecule has 4 amide bonds. The van der Waals surface area contributed by atoms with Crippen LogP contribution in [0.5, 0.6) is 5.75 Å². The van der Waals surface area contributed by atoms with Crippen molar-refractivity contribution in [3.05, 3.63) is 107 Å². The van der Waals surface area contributed by atoms with Gasteiger partial charge in [0.05, 0.1) is 28.9 Å². The molecule has 6 unspecified atom stereocenters. The van der Waals surface area contributed by atoms with Gasteiger partial charge < -0.3 is 5.11 Å². The number of hydrogen-bond acceptors (Lipinski definition) is 6. The van der Waals surface area contributed by atoms with Gasteiger partial charge in [-0.2, -0.15) is 5.01 Å². The van der Waals surface area contributed by atoms with E-state index in [0.717, 1.165) is 48.2 Å². The number of para-hydroxylation sites is 1. The number of carbonyl (C=O) groups excluding carboxylic acids is 4. The molecule has 3 aliphatic carbocycles. The molecule has 6 atom stereocenters. The third-order valence-electron chi connectivity index (χ3n) is 11.6. The Kier molecular flexibility index (Phi) is 7.08. The highest BCUT2D eigenvalue weighted by Gasteiger charge is 2.70. The molecule has 2 N–H and O–H groups in total. The lowest BCUT2D eigenvalue weighted by atomic mass is 9.49. The molecule has 4 fully saturated rings. The third kappa shape index (κ3) is 4.33. The van der Waals surface area contributed by atoms with E-state index in [2.05, 4.69) is 5.43 Å². The standard InChI is InChI=1S/C39H39N3O5/c1-23-16-18-25(19-17-23)40-42-36(45)31-22-30-27(20-21-29-33(30)37(46)41(35(29)44)26-12-6-3-7-13-26)34(28-14-8-9-15-32(28)43)39(31,38(42)47)24-10-4-2-5-11-24/h2,4-5,8-11,14-20,26,29-31,33-34,40,43H,3,6-7,12-13,21-22H2,1H3. The van der Waals surface area contributed by atoms with Gasteiger partial charge in [0.2, 0.25) is 11.8 Å². The molecule has 3 aromatic rings. The van der Waals surface area contributed by atoms with Crippen LogP contribution in [-0.4, -0.2) is 44.7 Å². The summed E-state index contributed by atoms with van der Waals surface area (Å²) in [7, 11) is 0. The Labute approximate surface area is 274 Å². The van der Waals surface area contributed by atoms with Crippen LogP contribution < -0.4 is 5.43 Å². The Morgan fingerprint density at radius 2 is 1.49 bits per heavy atom. The van der Waals surface area contributed by atoms with Crippen LogP contribution in [0.25, 0.3) is 0 Å². The van der Waals surface area contributed by atoms with Crippen LogP contribution in [0.4, 0.5) is 5.69 Å². The van der Waals surface area contributed by atoms with Crippen molar-refractivity contribution in [2.24, 2.45) is 23.7 Å². The van der Waals surface area contributed by atoms with E-state index in [-0.39, 0.29) is 35.9 Å². The van der Waals surface area contributed by atoms with Crippen molar-refractivity contribution < 1.29 is 24.3 Å². The molecule has 2 heterocycles. The maximum atomic E-state index is 15.1. The first-order valence-electron chi connectivity index (χ1n) is 16.9. The molecule has 47 heavy (non-hydrogen) atoms. The zero-order valence-electron chi connectivity index (χ0n) is 26.5. The summed E-state index contributed by atoms with van der Waals surface area (Å²) in [4.78, 5) is 59.7. The number of rotatable bonds is 5. The van der Waals surface area contributed by atoms with Crippen molar-refractivity contribution in [1.29, 1.82) is 0 Å². The van der Waals surface area contributed by atoms with E-state index in [1.54, 1.807) is 17.0 Å². The lowest BCUT2D eigenvalue weighted by Gasteiger charge is -2.50. The molecule has 2 aliphatic heterocycles. The molecule has 0 spiro atoms. The quantitative estimate of drug-likeness (QED) is 0.264. The van der Waals surface area contributed by atoms with Crippen LogP contribution in [-0.2, 0) is 24.6 Å². The molecule has 0 radical (unpaired) electrons. The average molecular weight is 630 g/mol. The SMILES string of the molecule is Cc1ccc(NN2C(=O)C3CC4C(=CCC5C(=O)N(C6CCCCC6)C(=O)C54)C(c4ccccc4O)C3(c3ccccc3)C2=O)cc1. The fraction of sp³-hybridized carbons (Fsp3) is 0.385. The second-order valence-corrected chi connectivity index (χ2v) is 14.0. The average Bonchev–Trinajstić information content (AvgIpc) is 3.48. The number of likely N-dealkylation sites (tertiary alicyclic amines) is 1. The summed E-state index contributed by atoms with van der Waals surface area (Å²) >= 11 is 0. The normalized spacial score (nSPS) is 30.6. The van der Waals surface area contributed by atoms with Crippen molar-refractivity contribution in [3.63, 3.8) is 0 Å². The van der Waals surface area contributed by atoms with Gasteiger partial charge in [0.25, 0.3) is 11.8 Å². The number of hydrazine groups is 1. The number of aryl methyl sites for hydroxylation is 1. The summed E-state index contributed by atoms with van der Waals surface area (Å²) in [5, 5.41) is 12.6. The predicted molar refractivity (Wildman–Crippen MR) is 176 cm³/mol. The fourth-order valence-corrected chi connectivity index (χ4v) is 9.55. The largest absolute Gasteiger partial charge is 0.508 e. The van der Waals surface area contributed by atoms with Gasteiger partial charge in [-0.15, -0.1) is 0 Å². The Balaban J connectivity index is 1.30. The van der Waals surface area contributed by atoms with Crippen molar-refractivity contribution in [2.75, 3.05) is 5.43 Å². The number of phenolic OH excluding ortho intramolecular Hbond substituents is 1. The molecule has 2 saturated carbocycles. The summed E-state index contributed by atoms with van der Waals surface area (Å²) < 4.78 is 0. The smallest absolute Gasteiger partial charge is 0.260 e. The second-order valence-electron chi connectivity index (χ2n) is 14.0. The van der Waals surface area contributed by atoms with E-state index >= 15 is 4.79 Å². The number of nitrogens with one attached hydrogen (secondary N) is 1. The summed E-state index contributed by atoms with van der Waals surface area (Å²) in [5.41, 5.74) is 5.47. The number of aromatic hydroxyl groups is 1.